The number of rotatable bonds is 4. The molecule has 3 heteroatoms. The van der Waals surface area contributed by atoms with Crippen LogP contribution in [0, 0.1) is 11.3 Å². The van der Waals surface area contributed by atoms with Gasteiger partial charge in [-0.05, 0) is 13.3 Å². The fraction of sp³-hybridized carbons (Fsp3) is 0.750. The largest absolute Gasteiger partial charge is 0.375 e. The molecule has 1 aliphatic rings. The summed E-state index contributed by atoms with van der Waals surface area (Å²) in [6, 6.07) is 2.40. The van der Waals surface area contributed by atoms with Crippen molar-refractivity contribution in [1.29, 1.82) is 5.26 Å². The first kappa shape index (κ1) is 12.2. The van der Waals surface area contributed by atoms with Crippen LogP contribution in [0.4, 0.5) is 0 Å². The molecule has 0 aromatic heterocycles. The fourth-order valence-corrected chi connectivity index (χ4v) is 2.03. The van der Waals surface area contributed by atoms with Crippen molar-refractivity contribution in [3.8, 4) is 6.07 Å². The topological polar surface area (TPSA) is 45.0 Å². The second-order valence-electron chi connectivity index (χ2n) is 4.44. The van der Waals surface area contributed by atoms with E-state index < -0.39 is 5.54 Å². The molecule has 0 amide bonds. The van der Waals surface area contributed by atoms with Gasteiger partial charge in [0.15, 0.2) is 0 Å². The quantitative estimate of drug-likeness (QED) is 0.719. The maximum atomic E-state index is 9.29. The van der Waals surface area contributed by atoms with Crippen LogP contribution < -0.4 is 5.32 Å². The van der Waals surface area contributed by atoms with Crippen LogP contribution in [0.1, 0.15) is 33.1 Å². The van der Waals surface area contributed by atoms with E-state index in [0.717, 1.165) is 19.3 Å². The van der Waals surface area contributed by atoms with Gasteiger partial charge in [-0.3, -0.25) is 5.32 Å². The lowest BCUT2D eigenvalue weighted by molar-refractivity contribution is -0.0898. The van der Waals surface area contributed by atoms with Gasteiger partial charge < -0.3 is 4.74 Å². The predicted octanol–water partition coefficient (Wildman–Crippen LogP) is 2.00. The van der Waals surface area contributed by atoms with E-state index in [9.17, 15) is 5.26 Å². The Morgan fingerprint density at radius 2 is 2.40 bits per heavy atom. The SMILES string of the molecule is C=CCNC1(C#N)CCOC(C)(CC)C1. The van der Waals surface area contributed by atoms with E-state index in [0.29, 0.717) is 13.2 Å². The van der Waals surface area contributed by atoms with Crippen molar-refractivity contribution < 1.29 is 4.74 Å². The minimum Gasteiger partial charge on any atom is -0.375 e. The molecule has 2 unspecified atom stereocenters. The van der Waals surface area contributed by atoms with Gasteiger partial charge in [-0.25, -0.2) is 0 Å². The van der Waals surface area contributed by atoms with Crippen LogP contribution in [0.25, 0.3) is 0 Å². The van der Waals surface area contributed by atoms with E-state index in [4.69, 9.17) is 4.74 Å². The van der Waals surface area contributed by atoms with E-state index >= 15 is 0 Å². The maximum Gasteiger partial charge on any atom is 0.111 e. The second-order valence-corrected chi connectivity index (χ2v) is 4.44. The van der Waals surface area contributed by atoms with Gasteiger partial charge in [0.1, 0.15) is 5.54 Å². The predicted molar refractivity (Wildman–Crippen MR) is 60.4 cm³/mol. The molecule has 0 aliphatic carbocycles. The molecule has 1 heterocycles. The molecule has 0 aromatic rings. The second kappa shape index (κ2) is 4.78. The normalized spacial score (nSPS) is 35.8. The van der Waals surface area contributed by atoms with Crippen LogP contribution in [0.2, 0.25) is 0 Å². The average molecular weight is 208 g/mol. The highest BCUT2D eigenvalue weighted by molar-refractivity contribution is 5.12. The van der Waals surface area contributed by atoms with Gasteiger partial charge in [0, 0.05) is 19.4 Å². The minimum atomic E-state index is -0.433. The zero-order chi connectivity index (χ0) is 11.4. The molecule has 3 nitrogen and oxygen atoms in total. The zero-order valence-electron chi connectivity index (χ0n) is 9.68. The molecule has 1 N–H and O–H groups in total. The molecule has 2 atom stereocenters. The summed E-state index contributed by atoms with van der Waals surface area (Å²) in [5.74, 6) is 0. The third-order valence-corrected chi connectivity index (χ3v) is 3.20. The summed E-state index contributed by atoms with van der Waals surface area (Å²) in [6.07, 6.45) is 4.23. The van der Waals surface area contributed by atoms with Crippen molar-refractivity contribution in [2.45, 2.75) is 44.2 Å². The zero-order valence-corrected chi connectivity index (χ0v) is 9.68. The van der Waals surface area contributed by atoms with Crippen LogP contribution in [-0.2, 0) is 4.74 Å². The van der Waals surface area contributed by atoms with Crippen molar-refractivity contribution in [2.75, 3.05) is 13.2 Å². The Balaban J connectivity index is 2.73. The van der Waals surface area contributed by atoms with Gasteiger partial charge in [0.25, 0.3) is 0 Å². The summed E-state index contributed by atoms with van der Waals surface area (Å²) in [5, 5.41) is 12.6. The van der Waals surface area contributed by atoms with Gasteiger partial charge in [-0.2, -0.15) is 5.26 Å². The number of ether oxygens (including phenoxy) is 1. The van der Waals surface area contributed by atoms with Crippen LogP contribution in [0.5, 0.6) is 0 Å². The lowest BCUT2D eigenvalue weighted by Crippen LogP contribution is -2.54. The highest BCUT2D eigenvalue weighted by Crippen LogP contribution is 2.34. The van der Waals surface area contributed by atoms with Crippen LogP contribution in [0.15, 0.2) is 12.7 Å². The Bertz CT molecular complexity index is 271. The number of hydrogen-bond donors (Lipinski definition) is 1. The summed E-state index contributed by atoms with van der Waals surface area (Å²) in [5.41, 5.74) is -0.598. The van der Waals surface area contributed by atoms with Crippen molar-refractivity contribution in [1.82, 2.24) is 5.32 Å². The molecule has 0 bridgehead atoms. The van der Waals surface area contributed by atoms with E-state index in [1.165, 1.54) is 0 Å². The summed E-state index contributed by atoms with van der Waals surface area (Å²) < 4.78 is 5.73. The van der Waals surface area contributed by atoms with Gasteiger partial charge in [0.05, 0.1) is 18.3 Å². The minimum absolute atomic E-state index is 0.165. The molecule has 15 heavy (non-hydrogen) atoms. The summed E-state index contributed by atoms with van der Waals surface area (Å²) in [6.45, 7) is 9.17. The molecule has 1 aliphatic heterocycles. The molecule has 0 saturated carbocycles. The Morgan fingerprint density at radius 3 is 2.93 bits per heavy atom. The fourth-order valence-electron chi connectivity index (χ4n) is 2.03. The average Bonchev–Trinajstić information content (AvgIpc) is 2.27. The first-order valence-electron chi connectivity index (χ1n) is 5.51. The molecule has 0 radical (unpaired) electrons. The lowest BCUT2D eigenvalue weighted by atomic mass is 9.80. The molecule has 0 aromatic carbocycles. The van der Waals surface area contributed by atoms with E-state index in [2.05, 4.69) is 31.8 Å². The summed E-state index contributed by atoms with van der Waals surface area (Å²) in [4.78, 5) is 0. The van der Waals surface area contributed by atoms with Gasteiger partial charge in [0.2, 0.25) is 0 Å². The molecule has 1 fully saturated rings. The monoisotopic (exact) mass is 208 g/mol. The Labute approximate surface area is 92.1 Å². The van der Waals surface area contributed by atoms with Crippen molar-refractivity contribution in [3.05, 3.63) is 12.7 Å². The number of hydrogen-bond acceptors (Lipinski definition) is 3. The maximum absolute atomic E-state index is 9.29. The van der Waals surface area contributed by atoms with Crippen LogP contribution in [0.3, 0.4) is 0 Å². The van der Waals surface area contributed by atoms with Crippen molar-refractivity contribution in [2.24, 2.45) is 0 Å². The van der Waals surface area contributed by atoms with E-state index in [1.807, 2.05) is 0 Å². The van der Waals surface area contributed by atoms with Crippen LogP contribution in [-0.4, -0.2) is 24.3 Å². The Kier molecular flexibility index (Phi) is 3.90. The standard InChI is InChI=1S/C12H20N2O/c1-4-7-14-12(10-13)6-8-15-11(3,5-2)9-12/h4,14H,1,5-9H2,2-3H3. The lowest BCUT2D eigenvalue weighted by Gasteiger charge is -2.42. The van der Waals surface area contributed by atoms with Crippen molar-refractivity contribution in [3.63, 3.8) is 0 Å². The van der Waals surface area contributed by atoms with E-state index in [1.54, 1.807) is 6.08 Å². The number of nitrogens with zero attached hydrogens (tertiary/aromatic N) is 1. The van der Waals surface area contributed by atoms with Gasteiger partial charge in [-0.1, -0.05) is 13.0 Å². The van der Waals surface area contributed by atoms with Crippen LogP contribution >= 0.6 is 0 Å². The van der Waals surface area contributed by atoms with Gasteiger partial charge >= 0.3 is 0 Å². The number of nitriles is 1. The first-order valence-corrected chi connectivity index (χ1v) is 5.51. The smallest absolute Gasteiger partial charge is 0.111 e. The highest BCUT2D eigenvalue weighted by atomic mass is 16.5. The van der Waals surface area contributed by atoms with E-state index in [-0.39, 0.29) is 5.60 Å². The summed E-state index contributed by atoms with van der Waals surface area (Å²) >= 11 is 0. The third kappa shape index (κ3) is 2.80. The molecule has 84 valence electrons. The Morgan fingerprint density at radius 1 is 1.67 bits per heavy atom. The summed E-state index contributed by atoms with van der Waals surface area (Å²) in [7, 11) is 0. The molecule has 0 spiro atoms. The first-order chi connectivity index (χ1) is 7.10. The van der Waals surface area contributed by atoms with Crippen molar-refractivity contribution >= 4 is 0 Å². The number of nitrogens with one attached hydrogen (secondary N) is 1. The Hall–Kier alpha value is -0.850. The molecule has 1 rings (SSSR count). The molecular weight excluding hydrogens is 188 g/mol. The molecular formula is C12H20N2O. The third-order valence-electron chi connectivity index (χ3n) is 3.20. The highest BCUT2D eigenvalue weighted by Gasteiger charge is 2.42. The van der Waals surface area contributed by atoms with Gasteiger partial charge in [-0.15, -0.1) is 6.58 Å². The molecule has 1 saturated heterocycles.